The number of hydrazine groups is 1. The van der Waals surface area contributed by atoms with E-state index in [-0.39, 0.29) is 5.60 Å². The van der Waals surface area contributed by atoms with Crippen LogP contribution in [0.3, 0.4) is 0 Å². The van der Waals surface area contributed by atoms with Gasteiger partial charge in [-0.2, -0.15) is 0 Å². The highest BCUT2D eigenvalue weighted by molar-refractivity contribution is 5.46. The average molecular weight is 420 g/mol. The molecule has 0 aliphatic carbocycles. The third-order valence-electron chi connectivity index (χ3n) is 2.87. The number of unbranched alkanes of at least 4 members (excludes halogenated alkanes) is 1. The number of rotatable bonds is 11. The van der Waals surface area contributed by atoms with Crippen molar-refractivity contribution in [2.24, 2.45) is 17.5 Å². The van der Waals surface area contributed by atoms with Crippen LogP contribution in [-0.4, -0.2) is 50.2 Å². The number of hydrogen-bond donors (Lipinski definition) is 4. The molecular formula is C21H49N5O3. The molecule has 0 fully saturated rings. The Hall–Kier alpha value is -1.80. The van der Waals surface area contributed by atoms with Gasteiger partial charge >= 0.3 is 0 Å². The van der Waals surface area contributed by atoms with Gasteiger partial charge in [0.15, 0.2) is 0 Å². The molecule has 1 amide bonds. The van der Waals surface area contributed by atoms with Crippen LogP contribution in [0.1, 0.15) is 74.7 Å². The summed E-state index contributed by atoms with van der Waals surface area (Å²) in [5.74, 6) is 6.27. The Morgan fingerprint density at radius 2 is 1.76 bits per heavy atom. The van der Waals surface area contributed by atoms with Crippen molar-refractivity contribution in [3.8, 4) is 0 Å². The van der Waals surface area contributed by atoms with E-state index in [2.05, 4.69) is 36.1 Å². The van der Waals surface area contributed by atoms with Gasteiger partial charge in [0.05, 0.1) is 6.54 Å². The molecule has 6 N–H and O–H groups in total. The van der Waals surface area contributed by atoms with Gasteiger partial charge in [0.2, 0.25) is 6.41 Å². The summed E-state index contributed by atoms with van der Waals surface area (Å²) in [5, 5.41) is 7.07. The van der Waals surface area contributed by atoms with Gasteiger partial charge in [-0.3, -0.25) is 9.59 Å². The lowest BCUT2D eigenvalue weighted by atomic mass is 10.1. The van der Waals surface area contributed by atoms with E-state index in [0.717, 1.165) is 19.5 Å². The Bertz CT molecular complexity index is 366. The monoisotopic (exact) mass is 419 g/mol. The first-order valence-corrected chi connectivity index (χ1v) is 10.4. The van der Waals surface area contributed by atoms with E-state index in [1.54, 1.807) is 11.2 Å². The molecule has 8 heteroatoms. The summed E-state index contributed by atoms with van der Waals surface area (Å²) >= 11 is 0. The minimum atomic E-state index is -0.318. The summed E-state index contributed by atoms with van der Waals surface area (Å²) in [4.78, 5) is 19.6. The van der Waals surface area contributed by atoms with Crippen molar-refractivity contribution < 1.29 is 14.3 Å². The molecule has 0 aromatic carbocycles. The SMILES string of the molecule is CC.CC(C)(C)OC=O.CC(C)CCN(N)/C=C(\N)CNC=O.CCCCNC. The van der Waals surface area contributed by atoms with Crippen molar-refractivity contribution in [2.75, 3.05) is 26.7 Å². The van der Waals surface area contributed by atoms with Crippen LogP contribution in [0.4, 0.5) is 0 Å². The van der Waals surface area contributed by atoms with Crippen molar-refractivity contribution in [3.63, 3.8) is 0 Å². The molecule has 0 aromatic rings. The maximum absolute atomic E-state index is 9.97. The smallest absolute Gasteiger partial charge is 0.293 e. The Morgan fingerprint density at radius 1 is 1.21 bits per heavy atom. The molecular weight excluding hydrogens is 370 g/mol. The first-order valence-electron chi connectivity index (χ1n) is 10.4. The zero-order valence-electron chi connectivity index (χ0n) is 20.4. The number of carbonyl (C=O) groups is 2. The predicted octanol–water partition coefficient (Wildman–Crippen LogP) is 2.74. The molecule has 0 aliphatic rings. The molecule has 29 heavy (non-hydrogen) atoms. The topological polar surface area (TPSA) is 123 Å². The second kappa shape index (κ2) is 26.2. The van der Waals surface area contributed by atoms with E-state index in [9.17, 15) is 9.59 Å². The molecule has 0 aliphatic heterocycles. The molecule has 176 valence electrons. The van der Waals surface area contributed by atoms with Crippen LogP contribution in [0, 0.1) is 5.92 Å². The minimum absolute atomic E-state index is 0.318. The van der Waals surface area contributed by atoms with Crippen LogP contribution < -0.4 is 22.2 Å². The summed E-state index contributed by atoms with van der Waals surface area (Å²) in [6, 6.07) is 0. The fourth-order valence-electron chi connectivity index (χ4n) is 1.39. The Labute approximate surface area is 179 Å². The van der Waals surface area contributed by atoms with Gasteiger partial charge in [0.1, 0.15) is 5.60 Å². The molecule has 0 bridgehead atoms. The lowest BCUT2D eigenvalue weighted by molar-refractivity contribution is -0.138. The normalized spacial score (nSPS) is 10.2. The van der Waals surface area contributed by atoms with Crippen molar-refractivity contribution in [1.82, 2.24) is 15.6 Å². The van der Waals surface area contributed by atoms with Gasteiger partial charge in [-0.25, -0.2) is 5.84 Å². The third kappa shape index (κ3) is 46.3. The highest BCUT2D eigenvalue weighted by atomic mass is 16.5. The molecule has 0 heterocycles. The van der Waals surface area contributed by atoms with E-state index in [1.165, 1.54) is 12.8 Å². The molecule has 0 spiro atoms. The number of carbonyl (C=O) groups excluding carboxylic acids is 2. The third-order valence-corrected chi connectivity index (χ3v) is 2.87. The van der Waals surface area contributed by atoms with E-state index in [4.69, 9.17) is 11.6 Å². The highest BCUT2D eigenvalue weighted by Crippen LogP contribution is 2.02. The molecule has 0 aromatic heterocycles. The van der Waals surface area contributed by atoms with Crippen LogP contribution in [0.5, 0.6) is 0 Å². The highest BCUT2D eigenvalue weighted by Gasteiger charge is 2.07. The number of nitrogens with two attached hydrogens (primary N) is 2. The van der Waals surface area contributed by atoms with Crippen molar-refractivity contribution in [1.29, 1.82) is 0 Å². The lowest BCUT2D eigenvalue weighted by Crippen LogP contribution is -2.30. The zero-order valence-corrected chi connectivity index (χ0v) is 20.4. The Kier molecular flexibility index (Phi) is 31.3. The van der Waals surface area contributed by atoms with Crippen molar-refractivity contribution in [3.05, 3.63) is 11.9 Å². The van der Waals surface area contributed by atoms with Crippen LogP contribution >= 0.6 is 0 Å². The summed E-state index contributed by atoms with van der Waals surface area (Å²) in [5.41, 5.74) is 5.81. The molecule has 8 nitrogen and oxygen atoms in total. The number of nitrogens with zero attached hydrogens (tertiary/aromatic N) is 1. The molecule has 0 rings (SSSR count). The average Bonchev–Trinajstić information content (AvgIpc) is 2.64. The summed E-state index contributed by atoms with van der Waals surface area (Å²) in [7, 11) is 1.98. The molecule has 0 atom stereocenters. The largest absolute Gasteiger partial charge is 0.462 e. The van der Waals surface area contributed by atoms with Gasteiger partial charge in [0.25, 0.3) is 6.47 Å². The van der Waals surface area contributed by atoms with E-state index < -0.39 is 0 Å². The van der Waals surface area contributed by atoms with Crippen molar-refractivity contribution >= 4 is 12.9 Å². The number of ether oxygens (including phenoxy) is 1. The second-order valence-corrected chi connectivity index (χ2v) is 7.41. The second-order valence-electron chi connectivity index (χ2n) is 7.41. The summed E-state index contributed by atoms with van der Waals surface area (Å²) in [6.45, 7) is 18.6. The predicted molar refractivity (Wildman–Crippen MR) is 124 cm³/mol. The number of hydrogen-bond acceptors (Lipinski definition) is 7. The molecule has 0 saturated heterocycles. The fourth-order valence-corrected chi connectivity index (χ4v) is 1.39. The zero-order chi connectivity index (χ0) is 23.7. The van der Waals surface area contributed by atoms with Crippen LogP contribution in [0.2, 0.25) is 0 Å². The molecule has 0 saturated carbocycles. The first kappa shape index (κ1) is 34.7. The van der Waals surface area contributed by atoms with Gasteiger partial charge in [0, 0.05) is 18.4 Å². The summed E-state index contributed by atoms with van der Waals surface area (Å²) in [6.07, 6.45) is 5.85. The maximum Gasteiger partial charge on any atom is 0.293 e. The summed E-state index contributed by atoms with van der Waals surface area (Å²) < 4.78 is 4.55. The Morgan fingerprint density at radius 3 is 2.03 bits per heavy atom. The number of amides is 1. The van der Waals surface area contributed by atoms with Gasteiger partial charge in [-0.05, 0) is 53.1 Å². The fraction of sp³-hybridized carbons (Fsp3) is 0.810. The quantitative estimate of drug-likeness (QED) is 0.176. The van der Waals surface area contributed by atoms with Gasteiger partial charge in [-0.1, -0.05) is 41.0 Å². The maximum atomic E-state index is 9.97. The van der Waals surface area contributed by atoms with Gasteiger partial charge in [-0.15, -0.1) is 0 Å². The standard InChI is InChI=1S/C9H20N4O.C5H13N.C5H10O2.C2H6/c1-8(2)3-4-13(11)6-9(10)5-12-7-14;1-3-4-5-6-2;1-5(2,3)7-4-6;1-2/h6-8H,3-5,10-11H2,1-2H3,(H,12,14);6H,3-5H2,1-2H3;4H,1-3H3;1-2H3/b9-6-;;;. The Balaban J connectivity index is -0.000000174. The van der Waals surface area contributed by atoms with Crippen LogP contribution in [-0.2, 0) is 14.3 Å². The van der Waals surface area contributed by atoms with Crippen LogP contribution in [0.15, 0.2) is 11.9 Å². The molecule has 0 unspecified atom stereocenters. The number of nitrogens with one attached hydrogen (secondary N) is 2. The van der Waals surface area contributed by atoms with Crippen LogP contribution in [0.25, 0.3) is 0 Å². The van der Waals surface area contributed by atoms with E-state index >= 15 is 0 Å². The van der Waals surface area contributed by atoms with E-state index in [1.807, 2.05) is 41.7 Å². The molecule has 0 radical (unpaired) electrons. The van der Waals surface area contributed by atoms with Crippen molar-refractivity contribution in [2.45, 2.75) is 80.3 Å². The minimum Gasteiger partial charge on any atom is -0.462 e. The van der Waals surface area contributed by atoms with Gasteiger partial charge < -0.3 is 26.1 Å². The van der Waals surface area contributed by atoms with E-state index in [0.29, 0.717) is 31.0 Å². The first-order chi connectivity index (χ1) is 13.5. The lowest BCUT2D eigenvalue weighted by Gasteiger charge is -2.16.